The number of morpholine rings is 1. The Morgan fingerprint density at radius 2 is 1.59 bits per heavy atom. The molecule has 1 aliphatic rings. The molecule has 1 heterocycles. The van der Waals surface area contributed by atoms with Crippen LogP contribution in [-0.4, -0.2) is 51.5 Å². The Bertz CT molecular complexity index is 668. The zero-order valence-electron chi connectivity index (χ0n) is 16.3. The van der Waals surface area contributed by atoms with Gasteiger partial charge in [-0.05, 0) is 30.7 Å². The minimum Gasteiger partial charge on any atom is -0.379 e. The summed E-state index contributed by atoms with van der Waals surface area (Å²) in [6, 6.07) is 6.17. The van der Waals surface area contributed by atoms with E-state index >= 15 is 0 Å². The van der Waals surface area contributed by atoms with E-state index in [1.54, 1.807) is 12.1 Å². The lowest BCUT2D eigenvalue weighted by atomic mass is 10.1. The molecule has 0 radical (unpaired) electrons. The highest BCUT2D eigenvalue weighted by Gasteiger charge is 2.26. The van der Waals surface area contributed by atoms with Gasteiger partial charge < -0.3 is 10.1 Å². The summed E-state index contributed by atoms with van der Waals surface area (Å²) >= 11 is 0. The zero-order valence-corrected chi connectivity index (χ0v) is 17.1. The molecule has 2 rings (SSSR count). The van der Waals surface area contributed by atoms with Crippen molar-refractivity contribution in [1.82, 2.24) is 9.62 Å². The van der Waals surface area contributed by atoms with Crippen LogP contribution in [0.5, 0.6) is 0 Å². The van der Waals surface area contributed by atoms with E-state index in [0.29, 0.717) is 38.4 Å². The lowest BCUT2D eigenvalue weighted by Crippen LogP contribution is -2.40. The fourth-order valence-corrected chi connectivity index (χ4v) is 4.51. The number of ether oxygens (including phenoxy) is 1. The first-order valence-electron chi connectivity index (χ1n) is 10.0. The van der Waals surface area contributed by atoms with Crippen molar-refractivity contribution in [3.8, 4) is 0 Å². The van der Waals surface area contributed by atoms with E-state index in [2.05, 4.69) is 12.2 Å². The van der Waals surface area contributed by atoms with Crippen molar-refractivity contribution in [3.05, 3.63) is 29.8 Å². The van der Waals surface area contributed by atoms with E-state index in [9.17, 15) is 13.2 Å². The highest BCUT2D eigenvalue weighted by atomic mass is 32.2. The predicted octanol–water partition coefficient (Wildman–Crippen LogP) is 3.19. The van der Waals surface area contributed by atoms with Crippen LogP contribution in [0.2, 0.25) is 0 Å². The number of hydrogen-bond acceptors (Lipinski definition) is 4. The van der Waals surface area contributed by atoms with Gasteiger partial charge in [0.15, 0.2) is 0 Å². The molecular weight excluding hydrogens is 364 g/mol. The summed E-state index contributed by atoms with van der Waals surface area (Å²) in [5.74, 6) is -0.156. The fraction of sp³-hybridized carbons (Fsp3) is 0.650. The van der Waals surface area contributed by atoms with Crippen molar-refractivity contribution in [2.75, 3.05) is 32.8 Å². The van der Waals surface area contributed by atoms with Gasteiger partial charge in [0, 0.05) is 25.2 Å². The van der Waals surface area contributed by atoms with E-state index < -0.39 is 10.0 Å². The second-order valence-corrected chi connectivity index (χ2v) is 8.86. The average molecular weight is 397 g/mol. The number of nitrogens with one attached hydrogen (secondary N) is 1. The van der Waals surface area contributed by atoms with Crippen LogP contribution in [0.1, 0.15) is 62.2 Å². The Balaban J connectivity index is 1.76. The third-order valence-electron chi connectivity index (χ3n) is 4.79. The molecular formula is C20H32N2O4S. The molecule has 1 saturated heterocycles. The van der Waals surface area contributed by atoms with Crippen LogP contribution >= 0.6 is 0 Å². The molecule has 1 aliphatic heterocycles. The number of rotatable bonds is 11. The maximum absolute atomic E-state index is 12.6. The molecule has 6 nitrogen and oxygen atoms in total. The van der Waals surface area contributed by atoms with Gasteiger partial charge in [-0.3, -0.25) is 4.79 Å². The second kappa shape index (κ2) is 11.4. The first-order valence-corrected chi connectivity index (χ1v) is 11.5. The number of hydrogen-bond donors (Lipinski definition) is 1. The standard InChI is InChI=1S/C20H32N2O4S/c1-2-3-4-5-6-7-8-13-21-20(23)18-9-11-19(12-10-18)27(24,25)22-14-16-26-17-15-22/h9-12H,2-8,13-17H2,1H3,(H,21,23). The third kappa shape index (κ3) is 6.90. The molecule has 152 valence electrons. The highest BCUT2D eigenvalue weighted by Crippen LogP contribution is 2.17. The molecule has 0 aromatic heterocycles. The number of benzene rings is 1. The van der Waals surface area contributed by atoms with Crippen molar-refractivity contribution in [2.45, 2.75) is 56.8 Å². The lowest BCUT2D eigenvalue weighted by molar-refractivity contribution is 0.0730. The van der Waals surface area contributed by atoms with Crippen LogP contribution in [0.15, 0.2) is 29.2 Å². The number of nitrogens with zero attached hydrogens (tertiary/aromatic N) is 1. The van der Waals surface area contributed by atoms with E-state index in [0.717, 1.165) is 12.8 Å². The van der Waals surface area contributed by atoms with E-state index in [-0.39, 0.29) is 10.8 Å². The maximum atomic E-state index is 12.6. The first-order chi connectivity index (χ1) is 13.1. The largest absolute Gasteiger partial charge is 0.379 e. The monoisotopic (exact) mass is 396 g/mol. The number of sulfonamides is 1. The number of carbonyl (C=O) groups excluding carboxylic acids is 1. The van der Waals surface area contributed by atoms with Gasteiger partial charge in [-0.25, -0.2) is 8.42 Å². The van der Waals surface area contributed by atoms with Crippen LogP contribution in [0.25, 0.3) is 0 Å². The first kappa shape index (κ1) is 21.9. The fourth-order valence-electron chi connectivity index (χ4n) is 3.10. The Kier molecular flexibility index (Phi) is 9.24. The van der Waals surface area contributed by atoms with E-state index in [1.165, 1.54) is 48.5 Å². The minimum absolute atomic E-state index is 0.156. The lowest BCUT2D eigenvalue weighted by Gasteiger charge is -2.26. The molecule has 1 N–H and O–H groups in total. The molecule has 0 aliphatic carbocycles. The Labute approximate surface area is 163 Å². The summed E-state index contributed by atoms with van der Waals surface area (Å²) in [6.07, 6.45) is 8.42. The molecule has 0 unspecified atom stereocenters. The van der Waals surface area contributed by atoms with Crippen LogP contribution < -0.4 is 5.32 Å². The molecule has 0 atom stereocenters. The Morgan fingerprint density at radius 3 is 2.22 bits per heavy atom. The summed E-state index contributed by atoms with van der Waals surface area (Å²) in [5, 5.41) is 2.91. The molecule has 27 heavy (non-hydrogen) atoms. The maximum Gasteiger partial charge on any atom is 0.251 e. The van der Waals surface area contributed by atoms with Crippen LogP contribution in [0.3, 0.4) is 0 Å². The van der Waals surface area contributed by atoms with Gasteiger partial charge in [0.2, 0.25) is 10.0 Å². The molecule has 1 aromatic carbocycles. The van der Waals surface area contributed by atoms with Crippen LogP contribution in [-0.2, 0) is 14.8 Å². The summed E-state index contributed by atoms with van der Waals surface area (Å²) < 4.78 is 31.8. The molecule has 1 amide bonds. The molecule has 7 heteroatoms. The number of unbranched alkanes of at least 4 members (excludes halogenated alkanes) is 6. The molecule has 1 aromatic rings. The minimum atomic E-state index is -3.52. The average Bonchev–Trinajstić information content (AvgIpc) is 2.70. The summed E-state index contributed by atoms with van der Waals surface area (Å²) in [7, 11) is -3.52. The van der Waals surface area contributed by atoms with Crippen molar-refractivity contribution < 1.29 is 17.9 Å². The highest BCUT2D eigenvalue weighted by molar-refractivity contribution is 7.89. The quantitative estimate of drug-likeness (QED) is 0.583. The van der Waals surface area contributed by atoms with E-state index in [1.807, 2.05) is 0 Å². The molecule has 0 bridgehead atoms. The molecule has 0 spiro atoms. The van der Waals surface area contributed by atoms with Crippen molar-refractivity contribution >= 4 is 15.9 Å². The van der Waals surface area contributed by atoms with Crippen molar-refractivity contribution in [3.63, 3.8) is 0 Å². The topological polar surface area (TPSA) is 75.7 Å². The van der Waals surface area contributed by atoms with Gasteiger partial charge in [-0.2, -0.15) is 4.31 Å². The van der Waals surface area contributed by atoms with Crippen LogP contribution in [0, 0.1) is 0 Å². The van der Waals surface area contributed by atoms with Crippen molar-refractivity contribution in [2.24, 2.45) is 0 Å². The second-order valence-electron chi connectivity index (χ2n) is 6.92. The number of carbonyl (C=O) groups is 1. The van der Waals surface area contributed by atoms with Gasteiger partial charge in [0.05, 0.1) is 18.1 Å². The van der Waals surface area contributed by atoms with Crippen molar-refractivity contribution in [1.29, 1.82) is 0 Å². The summed E-state index contributed by atoms with van der Waals surface area (Å²) in [4.78, 5) is 12.4. The Hall–Kier alpha value is -1.44. The summed E-state index contributed by atoms with van der Waals surface area (Å²) in [5.41, 5.74) is 0.485. The SMILES string of the molecule is CCCCCCCCCNC(=O)c1ccc(S(=O)(=O)N2CCOCC2)cc1. The van der Waals surface area contributed by atoms with Gasteiger partial charge in [-0.1, -0.05) is 45.4 Å². The third-order valence-corrected chi connectivity index (χ3v) is 6.70. The predicted molar refractivity (Wildman–Crippen MR) is 106 cm³/mol. The van der Waals surface area contributed by atoms with Gasteiger partial charge in [0.25, 0.3) is 5.91 Å². The summed E-state index contributed by atoms with van der Waals surface area (Å²) in [6.45, 7) is 4.42. The Morgan fingerprint density at radius 1 is 1.00 bits per heavy atom. The normalized spacial score (nSPS) is 15.6. The number of amides is 1. The molecule has 0 saturated carbocycles. The van der Waals surface area contributed by atoms with Gasteiger partial charge >= 0.3 is 0 Å². The van der Waals surface area contributed by atoms with Gasteiger partial charge in [0.1, 0.15) is 0 Å². The smallest absolute Gasteiger partial charge is 0.251 e. The zero-order chi connectivity index (χ0) is 19.5. The van der Waals surface area contributed by atoms with E-state index in [4.69, 9.17) is 4.74 Å². The molecule has 1 fully saturated rings. The van der Waals surface area contributed by atoms with Crippen LogP contribution in [0.4, 0.5) is 0 Å². The van der Waals surface area contributed by atoms with Gasteiger partial charge in [-0.15, -0.1) is 0 Å².